The molecule has 0 N–H and O–H groups in total. The number of fused-ring (bicyclic) bond motifs is 24. The van der Waals surface area contributed by atoms with Gasteiger partial charge in [-0.3, -0.25) is 0 Å². The molecule has 2 unspecified atom stereocenters. The van der Waals surface area contributed by atoms with Gasteiger partial charge in [0, 0.05) is 95.6 Å². The Morgan fingerprint density at radius 1 is 0.474 bits per heavy atom. The molecule has 0 spiro atoms. The zero-order chi connectivity index (χ0) is 65.1. The van der Waals surface area contributed by atoms with Crippen LogP contribution in [0.4, 0.5) is 0 Å². The molecule has 0 amide bonds. The van der Waals surface area contributed by atoms with Crippen molar-refractivity contribution in [2.75, 3.05) is 0 Å². The normalized spacial score (nSPS) is 16.8. The van der Waals surface area contributed by atoms with Gasteiger partial charge in [-0.25, -0.2) is 0 Å². The van der Waals surface area contributed by atoms with E-state index in [2.05, 4.69) is 319 Å². The zero-order valence-corrected chi connectivity index (χ0v) is 57.7. The number of aromatic nitrogens is 2. The number of para-hydroxylation sites is 1. The van der Waals surface area contributed by atoms with Gasteiger partial charge in [-0.15, -0.1) is 22.7 Å². The van der Waals surface area contributed by atoms with E-state index >= 15 is 0 Å². The summed E-state index contributed by atoms with van der Waals surface area (Å²) in [6.07, 6.45) is 11.9. The number of aryl methyl sites for hydroxylation is 1. The number of allylic oxidation sites excluding steroid dienone is 5. The zero-order valence-electron chi connectivity index (χ0n) is 56.0. The van der Waals surface area contributed by atoms with Crippen LogP contribution in [0.25, 0.3) is 146 Å². The van der Waals surface area contributed by atoms with Crippen molar-refractivity contribution in [2.24, 2.45) is 0 Å². The SMILES string of the molecule is CC1(C)c2ccccc2-c2c1c1sc3ccccc3c1c1c2c2ccccc2n1-c1ccc(-c2ccc3c4c(cccc24)-c2ccccc2-3)cc1.Cc1ccccc1C(C)(C)c1cc2c3c(n(C4C=CC5=C(C4)C(C)(C)c4ccccc45)c2c2c1sc1ccccc12)C(C)CC=C3. The Balaban J connectivity index is 0.000000133. The molecule has 466 valence electrons. The topological polar surface area (TPSA) is 9.86 Å². The van der Waals surface area contributed by atoms with E-state index in [0.29, 0.717) is 5.92 Å². The summed E-state index contributed by atoms with van der Waals surface area (Å²) in [6.45, 7) is 19.3. The smallest absolute Gasteiger partial charge is 0.0640 e. The van der Waals surface area contributed by atoms with Gasteiger partial charge in [-0.05, 0) is 162 Å². The van der Waals surface area contributed by atoms with Crippen LogP contribution in [0.15, 0.2) is 254 Å². The summed E-state index contributed by atoms with van der Waals surface area (Å²) < 4.78 is 10.9. The minimum atomic E-state index is -0.151. The molecule has 2 atom stereocenters. The fraction of sp³-hybridized carbons (Fsp3) is 0.161. The average Bonchev–Trinajstić information content (AvgIpc) is 1.52. The van der Waals surface area contributed by atoms with Crippen LogP contribution in [0.5, 0.6) is 0 Å². The van der Waals surface area contributed by atoms with Crippen molar-refractivity contribution in [1.82, 2.24) is 9.13 Å². The number of nitrogens with zero attached hydrogens (tertiary/aromatic N) is 2. The Labute approximate surface area is 574 Å². The van der Waals surface area contributed by atoms with Crippen LogP contribution >= 0.6 is 22.7 Å². The molecule has 5 aliphatic rings. The van der Waals surface area contributed by atoms with Crippen LogP contribution in [-0.2, 0) is 16.2 Å². The maximum Gasteiger partial charge on any atom is 0.0640 e. The maximum atomic E-state index is 2.80. The summed E-state index contributed by atoms with van der Waals surface area (Å²) in [7, 11) is 0. The Morgan fingerprint density at radius 2 is 1.06 bits per heavy atom. The van der Waals surface area contributed by atoms with Crippen molar-refractivity contribution in [3.8, 4) is 50.2 Å². The average molecular weight is 1280 g/mol. The standard InChI is InChI=1S/C49H31NS.C44H41NS/c1-49(2)39-19-8-5-14-36(39)43-44-37-15-6-9-20-40(37)50(47(44)45-38-16-7-10-21-41(38)51-48(45)46(43)49)29-24-22-28(23-25-29)30-26-27-35-32-13-4-3-12-31(32)34-18-11-17-33(30)42(34)35;1-26-14-7-10-19-34(26)43(3,4)37-25-33-31-18-13-15-27(2)40(31)45(41(33)39-32-17-9-12-21-38(32)46-42(37)39)28-22-23-30-29-16-8-11-20-35(29)44(5,6)36(30)24-28/h3-27H,1-2H3;7-14,16-23,25,27-28H,15,24H2,1-6H3. The molecule has 0 radical (unpaired) electrons. The third-order valence-corrected chi connectivity index (χ3v) is 25.9. The Kier molecular flexibility index (Phi) is 12.1. The van der Waals surface area contributed by atoms with Gasteiger partial charge >= 0.3 is 0 Å². The van der Waals surface area contributed by atoms with Crippen molar-refractivity contribution in [2.45, 2.75) is 96.4 Å². The third kappa shape index (κ3) is 7.77. The molecule has 2 nitrogen and oxygen atoms in total. The molecule has 97 heavy (non-hydrogen) atoms. The first-order valence-corrected chi connectivity index (χ1v) is 36.4. The lowest BCUT2D eigenvalue weighted by molar-refractivity contribution is 0.515. The van der Waals surface area contributed by atoms with E-state index in [0.717, 1.165) is 12.8 Å². The second-order valence-corrected chi connectivity index (χ2v) is 31.8. The number of benzene rings is 12. The van der Waals surface area contributed by atoms with E-state index in [1.165, 1.54) is 190 Å². The molecule has 0 saturated carbocycles. The minimum Gasteiger partial charge on any atom is -0.336 e. The van der Waals surface area contributed by atoms with Gasteiger partial charge in [-0.2, -0.15) is 0 Å². The highest BCUT2D eigenvalue weighted by molar-refractivity contribution is 7.26. The van der Waals surface area contributed by atoms with Gasteiger partial charge in [0.05, 0.1) is 22.6 Å². The summed E-state index contributed by atoms with van der Waals surface area (Å²) in [5.74, 6) is 0.456. The quantitative estimate of drug-likeness (QED) is 0.163. The number of hydrogen-bond donors (Lipinski definition) is 0. The van der Waals surface area contributed by atoms with E-state index in [9.17, 15) is 0 Å². The molecule has 5 aliphatic carbocycles. The molecule has 4 heterocycles. The highest BCUT2D eigenvalue weighted by Gasteiger charge is 2.43. The van der Waals surface area contributed by atoms with Gasteiger partial charge in [0.1, 0.15) is 0 Å². The largest absolute Gasteiger partial charge is 0.336 e. The summed E-state index contributed by atoms with van der Waals surface area (Å²) in [5.41, 5.74) is 31.5. The van der Waals surface area contributed by atoms with Crippen LogP contribution in [0, 0.1) is 6.92 Å². The molecular weight excluding hydrogens is 1210 g/mol. The summed E-state index contributed by atoms with van der Waals surface area (Å²) in [4.78, 5) is 0. The summed E-state index contributed by atoms with van der Waals surface area (Å²) in [5, 5.41) is 12.3. The fourth-order valence-electron chi connectivity index (χ4n) is 19.1. The third-order valence-electron chi connectivity index (χ3n) is 23.5. The van der Waals surface area contributed by atoms with Crippen molar-refractivity contribution >= 4 is 118 Å². The van der Waals surface area contributed by atoms with Crippen molar-refractivity contribution in [1.29, 1.82) is 0 Å². The molecule has 0 saturated heterocycles. The molecular formula is C93H72N2S2. The van der Waals surface area contributed by atoms with E-state index in [1.54, 1.807) is 5.57 Å². The van der Waals surface area contributed by atoms with E-state index in [-0.39, 0.29) is 22.3 Å². The van der Waals surface area contributed by atoms with Crippen LogP contribution < -0.4 is 0 Å². The summed E-state index contributed by atoms with van der Waals surface area (Å²) in [6, 6.07) is 86.7. The second kappa shape index (κ2) is 20.5. The molecule has 16 aromatic rings. The molecule has 0 bridgehead atoms. The number of thiophene rings is 2. The highest BCUT2D eigenvalue weighted by Crippen LogP contribution is 2.61. The van der Waals surface area contributed by atoms with E-state index < -0.39 is 0 Å². The van der Waals surface area contributed by atoms with Crippen LogP contribution in [-0.4, -0.2) is 9.13 Å². The van der Waals surface area contributed by atoms with Gasteiger partial charge in [-0.1, -0.05) is 267 Å². The lowest BCUT2D eigenvalue weighted by Crippen LogP contribution is -2.23. The van der Waals surface area contributed by atoms with E-state index in [1.807, 2.05) is 22.7 Å². The first-order valence-electron chi connectivity index (χ1n) is 34.8. The van der Waals surface area contributed by atoms with Crippen LogP contribution in [0.2, 0.25) is 0 Å². The molecule has 21 rings (SSSR count). The first-order chi connectivity index (χ1) is 47.3. The van der Waals surface area contributed by atoms with Crippen LogP contribution in [0.1, 0.15) is 123 Å². The van der Waals surface area contributed by atoms with Crippen molar-refractivity contribution in [3.63, 3.8) is 0 Å². The minimum absolute atomic E-state index is 0.0264. The Bertz CT molecular complexity index is 6220. The molecule has 4 heteroatoms. The Morgan fingerprint density at radius 3 is 1.80 bits per heavy atom. The molecule has 12 aromatic carbocycles. The molecule has 0 aliphatic heterocycles. The van der Waals surface area contributed by atoms with Crippen molar-refractivity contribution in [3.05, 3.63) is 305 Å². The first kappa shape index (κ1) is 57.2. The van der Waals surface area contributed by atoms with Gasteiger partial charge in [0.15, 0.2) is 0 Å². The fourth-order valence-corrected chi connectivity index (χ4v) is 21.9. The maximum absolute atomic E-state index is 2.80. The highest BCUT2D eigenvalue weighted by atomic mass is 32.1. The van der Waals surface area contributed by atoms with Gasteiger partial charge in [0.25, 0.3) is 0 Å². The van der Waals surface area contributed by atoms with Crippen LogP contribution in [0.3, 0.4) is 0 Å². The number of rotatable bonds is 5. The lowest BCUT2D eigenvalue weighted by atomic mass is 9.75. The van der Waals surface area contributed by atoms with E-state index in [4.69, 9.17) is 0 Å². The predicted octanol–water partition coefficient (Wildman–Crippen LogP) is 26.3. The Hall–Kier alpha value is -10.1. The predicted molar refractivity (Wildman–Crippen MR) is 418 cm³/mol. The monoisotopic (exact) mass is 1280 g/mol. The summed E-state index contributed by atoms with van der Waals surface area (Å²) >= 11 is 3.94. The van der Waals surface area contributed by atoms with Crippen molar-refractivity contribution < 1.29 is 0 Å². The lowest BCUT2D eigenvalue weighted by Gasteiger charge is -2.32. The van der Waals surface area contributed by atoms with Gasteiger partial charge < -0.3 is 9.13 Å². The van der Waals surface area contributed by atoms with Gasteiger partial charge in [0.2, 0.25) is 0 Å². The molecule has 4 aromatic heterocycles. The second-order valence-electron chi connectivity index (χ2n) is 29.7. The molecule has 0 fully saturated rings. The number of hydrogen-bond acceptors (Lipinski definition) is 2.